The van der Waals surface area contributed by atoms with Gasteiger partial charge in [0.1, 0.15) is 53.6 Å². The Morgan fingerprint density at radius 2 is 1.77 bits per heavy atom. The lowest BCUT2D eigenvalue weighted by Gasteiger charge is -2.35. The summed E-state index contributed by atoms with van der Waals surface area (Å²) in [7, 11) is 0. The van der Waals surface area contributed by atoms with E-state index in [1.807, 2.05) is 71.2 Å². The molecule has 8 atom stereocenters. The molecule has 1 aromatic carbocycles. The number of benzene rings is 1. The van der Waals surface area contributed by atoms with E-state index in [1.54, 1.807) is 0 Å². The van der Waals surface area contributed by atoms with Crippen molar-refractivity contribution in [2.24, 2.45) is 23.2 Å². The van der Waals surface area contributed by atoms with E-state index in [4.69, 9.17) is 28.9 Å². The van der Waals surface area contributed by atoms with Crippen molar-refractivity contribution in [3.05, 3.63) is 29.6 Å². The summed E-state index contributed by atoms with van der Waals surface area (Å²) in [6.45, 7) is 15.9. The molecule has 2 aromatic heterocycles. The predicted octanol–water partition coefficient (Wildman–Crippen LogP) is 5.55. The molecule has 0 bridgehead atoms. The van der Waals surface area contributed by atoms with Crippen LogP contribution in [0.4, 0.5) is 9.93 Å². The van der Waals surface area contributed by atoms with Crippen LogP contribution in [0.2, 0.25) is 0 Å². The Labute approximate surface area is 366 Å². The van der Waals surface area contributed by atoms with Crippen LogP contribution < -0.4 is 25.4 Å². The van der Waals surface area contributed by atoms with Gasteiger partial charge in [0.15, 0.2) is 5.13 Å². The second-order valence-corrected chi connectivity index (χ2v) is 19.9. The maximum Gasteiger partial charge on any atom is 0.408 e. The molecule has 4 N–H and O–H groups in total. The maximum atomic E-state index is 14.8. The minimum atomic E-state index is -1.40. The number of alkyl carbamates (subject to hydrolysis) is 1. The SMILES string of the molecule is CC[C@@H]1CC1(NC(=O)[C@@H]1C[C@@H](Oc2cc(-c3csc(NC(C)C)n3)nc3cc(OCCN4CCOCC4)ccc23)CN1C(=O)[C@@H](NC(=O)O[C@@H]1C[C@@H]2C[C@@H]2C1)C(C)(C)C)C(=O)O. The zero-order chi connectivity index (χ0) is 43.9. The molecule has 5 fully saturated rings. The fourth-order valence-corrected chi connectivity index (χ4v) is 10.2. The maximum absolute atomic E-state index is 14.8. The number of carboxylic acid groups (broad SMARTS) is 1. The largest absolute Gasteiger partial charge is 0.492 e. The summed E-state index contributed by atoms with van der Waals surface area (Å²) >= 11 is 1.47. The molecule has 0 spiro atoms. The Balaban J connectivity index is 1.07. The number of nitrogens with one attached hydrogen (secondary N) is 3. The second kappa shape index (κ2) is 17.8. The molecule has 16 nitrogen and oxygen atoms in total. The summed E-state index contributed by atoms with van der Waals surface area (Å²) in [4.78, 5) is 68.5. The highest BCUT2D eigenvalue weighted by atomic mass is 32.1. The molecule has 5 aliphatic rings. The highest BCUT2D eigenvalue weighted by Gasteiger charge is 2.61. The lowest BCUT2D eigenvalue weighted by molar-refractivity contribution is -0.146. The number of anilines is 1. The predicted molar refractivity (Wildman–Crippen MR) is 233 cm³/mol. The van der Waals surface area contributed by atoms with E-state index in [1.165, 1.54) is 22.7 Å². The summed E-state index contributed by atoms with van der Waals surface area (Å²) in [5, 5.41) is 22.6. The number of aliphatic carboxylic acids is 1. The molecule has 17 heteroatoms. The molecule has 2 aliphatic heterocycles. The fraction of sp³-hybridized carbons (Fsp3) is 0.644. The van der Waals surface area contributed by atoms with Gasteiger partial charge in [-0.1, -0.05) is 34.1 Å². The molecule has 1 unspecified atom stereocenters. The van der Waals surface area contributed by atoms with Crippen LogP contribution in [0.25, 0.3) is 22.3 Å². The van der Waals surface area contributed by atoms with E-state index in [0.29, 0.717) is 78.3 Å². The van der Waals surface area contributed by atoms with Crippen molar-refractivity contribution in [2.45, 2.75) is 116 Å². The van der Waals surface area contributed by atoms with Crippen LogP contribution in [0.3, 0.4) is 0 Å². The smallest absolute Gasteiger partial charge is 0.408 e. The summed E-state index contributed by atoms with van der Waals surface area (Å²) in [6, 6.07) is 5.54. The van der Waals surface area contributed by atoms with Crippen LogP contribution in [0.15, 0.2) is 29.6 Å². The summed E-state index contributed by atoms with van der Waals surface area (Å²) in [6.07, 6.45) is 2.27. The molecule has 2 saturated heterocycles. The third-order valence-electron chi connectivity index (χ3n) is 13.0. The number of ether oxygens (including phenoxy) is 4. The highest BCUT2D eigenvalue weighted by molar-refractivity contribution is 7.14. The van der Waals surface area contributed by atoms with Gasteiger partial charge < -0.3 is 44.9 Å². The van der Waals surface area contributed by atoms with Crippen molar-refractivity contribution >= 4 is 51.2 Å². The van der Waals surface area contributed by atoms with Gasteiger partial charge in [-0.3, -0.25) is 14.5 Å². The van der Waals surface area contributed by atoms with Gasteiger partial charge in [0, 0.05) is 55.0 Å². The Hall–Kier alpha value is -4.74. The van der Waals surface area contributed by atoms with E-state index >= 15 is 0 Å². The Kier molecular flexibility index (Phi) is 12.6. The number of pyridine rings is 1. The summed E-state index contributed by atoms with van der Waals surface area (Å²) < 4.78 is 24.3. The van der Waals surface area contributed by atoms with E-state index < -0.39 is 53.0 Å². The van der Waals surface area contributed by atoms with Crippen LogP contribution in [-0.2, 0) is 23.9 Å². The molecule has 8 rings (SSSR count). The van der Waals surface area contributed by atoms with Gasteiger partial charge in [-0.05, 0) is 74.8 Å². The van der Waals surface area contributed by atoms with Crippen LogP contribution in [0.5, 0.6) is 11.5 Å². The lowest BCUT2D eigenvalue weighted by Crippen LogP contribution is -2.59. The highest BCUT2D eigenvalue weighted by Crippen LogP contribution is 2.52. The van der Waals surface area contributed by atoms with Gasteiger partial charge in [0.2, 0.25) is 11.8 Å². The van der Waals surface area contributed by atoms with Crippen LogP contribution >= 0.6 is 11.3 Å². The van der Waals surface area contributed by atoms with Gasteiger partial charge >= 0.3 is 12.1 Å². The molecule has 3 amide bonds. The number of aromatic nitrogens is 2. The van der Waals surface area contributed by atoms with Gasteiger partial charge in [-0.25, -0.2) is 19.6 Å². The quantitative estimate of drug-likeness (QED) is 0.140. The molecule has 3 aliphatic carbocycles. The Morgan fingerprint density at radius 3 is 2.45 bits per heavy atom. The Morgan fingerprint density at radius 1 is 1.02 bits per heavy atom. The van der Waals surface area contributed by atoms with Gasteiger partial charge in [-0.2, -0.15) is 0 Å². The number of likely N-dealkylation sites (tertiary alicyclic amines) is 1. The number of nitrogens with zero attached hydrogens (tertiary/aromatic N) is 4. The number of amides is 3. The van der Waals surface area contributed by atoms with Crippen molar-refractivity contribution in [3.63, 3.8) is 0 Å². The van der Waals surface area contributed by atoms with Crippen molar-refractivity contribution in [3.8, 4) is 22.9 Å². The number of morpholine rings is 1. The van der Waals surface area contributed by atoms with Crippen molar-refractivity contribution in [1.29, 1.82) is 0 Å². The standard InChI is InChI=1S/C45H61N7O9S/c1-7-28-22-45(28,41(55)56)50-39(53)36-20-31(23-52(36)40(54)38(44(4,5)6)49-43(57)61-30-17-26-16-27(26)18-30)60-37-21-34(35-24-62-42(48-35)46-25(2)3)47-33-19-29(8-9-32(33)37)59-15-12-51-10-13-58-14-11-51/h8-9,19,21,24-28,30-31,36,38H,7,10-18,20,22-23H2,1-6H3,(H,46,48)(H,49,57)(H,50,53)(H,55,56)/t26-,27+,28-,30+,31-,36+,38-,45?/m1/s1. The van der Waals surface area contributed by atoms with Gasteiger partial charge in [-0.15, -0.1) is 11.3 Å². The minimum absolute atomic E-state index is 0.00450. The molecule has 0 radical (unpaired) electrons. The molecular formula is C45H61N7O9S. The molecule has 62 heavy (non-hydrogen) atoms. The zero-order valence-corrected chi connectivity index (χ0v) is 37.4. The number of rotatable bonds is 16. The monoisotopic (exact) mass is 875 g/mol. The van der Waals surface area contributed by atoms with E-state index in [9.17, 15) is 24.3 Å². The van der Waals surface area contributed by atoms with E-state index in [2.05, 4.69) is 20.9 Å². The van der Waals surface area contributed by atoms with E-state index in [-0.39, 0.29) is 31.0 Å². The van der Waals surface area contributed by atoms with Crippen molar-refractivity contribution < 1.29 is 43.2 Å². The third kappa shape index (κ3) is 9.74. The van der Waals surface area contributed by atoms with Crippen molar-refractivity contribution in [2.75, 3.05) is 51.3 Å². The number of thiazole rings is 1. The molecule has 336 valence electrons. The molecule has 4 heterocycles. The third-order valence-corrected chi connectivity index (χ3v) is 13.8. The molecule has 3 aromatic rings. The molecular weight excluding hydrogens is 815 g/mol. The zero-order valence-electron chi connectivity index (χ0n) is 36.6. The first-order valence-corrected chi connectivity index (χ1v) is 23.1. The first-order chi connectivity index (χ1) is 29.6. The summed E-state index contributed by atoms with van der Waals surface area (Å²) in [5.74, 6) is -0.0277. The van der Waals surface area contributed by atoms with Gasteiger partial charge in [0.25, 0.3) is 0 Å². The average Bonchev–Trinajstić information content (AvgIpc) is 3.89. The summed E-state index contributed by atoms with van der Waals surface area (Å²) in [5.41, 5.74) is -0.329. The lowest BCUT2D eigenvalue weighted by atomic mass is 9.85. The molecule has 3 saturated carbocycles. The number of hydrogen-bond donors (Lipinski definition) is 4. The first kappa shape index (κ1) is 43.9. The number of carbonyl (C=O) groups is 4. The Bertz CT molecular complexity index is 2140. The normalized spacial score (nSPS) is 27.4. The topological polar surface area (TPSA) is 194 Å². The first-order valence-electron chi connectivity index (χ1n) is 22.2. The number of hydrogen-bond acceptors (Lipinski definition) is 13. The van der Waals surface area contributed by atoms with Gasteiger partial charge in [0.05, 0.1) is 31.0 Å². The fourth-order valence-electron chi connectivity index (χ4n) is 9.34. The number of carboxylic acids is 1. The minimum Gasteiger partial charge on any atom is -0.492 e. The van der Waals surface area contributed by atoms with E-state index in [0.717, 1.165) is 37.6 Å². The van der Waals surface area contributed by atoms with Crippen LogP contribution in [0.1, 0.15) is 80.1 Å². The number of carbonyl (C=O) groups excluding carboxylic acids is 3. The van der Waals surface area contributed by atoms with Crippen LogP contribution in [0, 0.1) is 23.2 Å². The number of fused-ring (bicyclic) bond motifs is 2. The van der Waals surface area contributed by atoms with Crippen LogP contribution in [-0.4, -0.2) is 131 Å². The average molecular weight is 876 g/mol. The second-order valence-electron chi connectivity index (χ2n) is 19.1. The van der Waals surface area contributed by atoms with Crippen molar-refractivity contribution in [1.82, 2.24) is 30.4 Å².